The predicted molar refractivity (Wildman–Crippen MR) is 106 cm³/mol. The van der Waals surface area contributed by atoms with E-state index in [0.29, 0.717) is 28.5 Å². The Bertz CT molecular complexity index is 820. The van der Waals surface area contributed by atoms with Crippen LogP contribution in [-0.2, 0) is 0 Å². The Hall–Kier alpha value is -1.77. The number of carbonyl (C=O) groups is 1. The van der Waals surface area contributed by atoms with Crippen molar-refractivity contribution in [2.24, 2.45) is 11.8 Å². The van der Waals surface area contributed by atoms with Crippen molar-refractivity contribution in [1.82, 2.24) is 14.9 Å². The standard InChI is InChI=1S/C19H20FIN4O/c1-11-6-12(2)23-19(22-11)25-9-13-7-24(8-14(13)10-25)18(26)17-15(20)4-3-5-16(17)21/h3-6,13-14H,7-10H2,1-2H3. The highest BCUT2D eigenvalue weighted by Gasteiger charge is 2.43. The first kappa shape index (κ1) is 17.6. The minimum atomic E-state index is -0.441. The fourth-order valence-corrected chi connectivity index (χ4v) is 4.73. The van der Waals surface area contributed by atoms with Gasteiger partial charge in [-0.2, -0.15) is 0 Å². The maximum Gasteiger partial charge on any atom is 0.257 e. The molecule has 26 heavy (non-hydrogen) atoms. The molecule has 136 valence electrons. The van der Waals surface area contributed by atoms with Crippen molar-refractivity contribution in [2.75, 3.05) is 31.1 Å². The summed E-state index contributed by atoms with van der Waals surface area (Å²) in [5, 5.41) is 0. The Labute approximate surface area is 165 Å². The van der Waals surface area contributed by atoms with Crippen molar-refractivity contribution in [3.8, 4) is 0 Å². The van der Waals surface area contributed by atoms with Crippen LogP contribution in [-0.4, -0.2) is 47.0 Å². The largest absolute Gasteiger partial charge is 0.340 e. The third-order valence-electron chi connectivity index (χ3n) is 5.20. The normalized spacial score (nSPS) is 22.0. The van der Waals surface area contributed by atoms with E-state index in [1.54, 1.807) is 17.0 Å². The van der Waals surface area contributed by atoms with Crippen LogP contribution in [0.1, 0.15) is 21.7 Å². The quantitative estimate of drug-likeness (QED) is 0.639. The number of anilines is 1. The van der Waals surface area contributed by atoms with E-state index in [2.05, 4.69) is 14.9 Å². The molecule has 0 saturated carbocycles. The van der Waals surface area contributed by atoms with E-state index >= 15 is 0 Å². The second-order valence-corrected chi connectivity index (χ2v) is 8.34. The summed E-state index contributed by atoms with van der Waals surface area (Å²) in [7, 11) is 0. The van der Waals surface area contributed by atoms with E-state index in [-0.39, 0.29) is 11.5 Å². The van der Waals surface area contributed by atoms with Gasteiger partial charge in [0, 0.05) is 53.0 Å². The van der Waals surface area contributed by atoms with Crippen LogP contribution in [0.25, 0.3) is 0 Å². The van der Waals surface area contributed by atoms with E-state index < -0.39 is 5.82 Å². The molecule has 2 saturated heterocycles. The molecule has 2 aliphatic rings. The van der Waals surface area contributed by atoms with E-state index in [1.807, 2.05) is 42.5 Å². The van der Waals surface area contributed by atoms with Gasteiger partial charge in [0.1, 0.15) is 5.82 Å². The molecule has 0 aliphatic carbocycles. The minimum absolute atomic E-state index is 0.197. The summed E-state index contributed by atoms with van der Waals surface area (Å²) < 4.78 is 14.8. The third-order valence-corrected chi connectivity index (χ3v) is 6.10. The Morgan fingerprint density at radius 2 is 1.73 bits per heavy atom. The topological polar surface area (TPSA) is 49.3 Å². The number of carbonyl (C=O) groups excluding carboxylic acids is 1. The van der Waals surface area contributed by atoms with Crippen molar-refractivity contribution >= 4 is 34.4 Å². The summed E-state index contributed by atoms with van der Waals surface area (Å²) in [6, 6.07) is 6.73. The van der Waals surface area contributed by atoms with E-state index in [1.165, 1.54) is 6.07 Å². The molecule has 0 bridgehead atoms. The maximum absolute atomic E-state index is 14.1. The minimum Gasteiger partial charge on any atom is -0.340 e. The molecule has 2 atom stereocenters. The number of aryl methyl sites for hydroxylation is 2. The maximum atomic E-state index is 14.1. The lowest BCUT2D eigenvalue weighted by atomic mass is 10.0. The number of rotatable bonds is 2. The molecular formula is C19H20FIN4O. The summed E-state index contributed by atoms with van der Waals surface area (Å²) in [5.74, 6) is 0.902. The molecule has 1 amide bonds. The Morgan fingerprint density at radius 3 is 2.31 bits per heavy atom. The van der Waals surface area contributed by atoms with Crippen LogP contribution in [0.5, 0.6) is 0 Å². The van der Waals surface area contributed by atoms with Gasteiger partial charge in [0.2, 0.25) is 5.95 Å². The number of benzene rings is 1. The SMILES string of the molecule is Cc1cc(C)nc(N2CC3CN(C(=O)c4c(F)cccc4I)CC3C2)n1. The molecule has 1 aromatic heterocycles. The highest BCUT2D eigenvalue weighted by Crippen LogP contribution is 2.34. The first-order chi connectivity index (χ1) is 12.4. The van der Waals surface area contributed by atoms with Crippen LogP contribution in [0, 0.1) is 35.1 Å². The van der Waals surface area contributed by atoms with Gasteiger partial charge in [-0.1, -0.05) is 6.07 Å². The molecule has 2 unspecified atom stereocenters. The lowest BCUT2D eigenvalue weighted by Gasteiger charge is -2.22. The van der Waals surface area contributed by atoms with Crippen molar-refractivity contribution in [1.29, 1.82) is 0 Å². The molecular weight excluding hydrogens is 446 g/mol. The first-order valence-corrected chi connectivity index (χ1v) is 9.81. The zero-order valence-corrected chi connectivity index (χ0v) is 16.9. The fraction of sp³-hybridized carbons (Fsp3) is 0.421. The molecule has 0 N–H and O–H groups in total. The van der Waals surface area contributed by atoms with Gasteiger partial charge in [-0.05, 0) is 54.6 Å². The number of hydrogen-bond acceptors (Lipinski definition) is 4. The van der Waals surface area contributed by atoms with Crippen molar-refractivity contribution in [2.45, 2.75) is 13.8 Å². The number of likely N-dealkylation sites (tertiary alicyclic amines) is 1. The summed E-state index contributed by atoms with van der Waals surface area (Å²) in [6.07, 6.45) is 0. The van der Waals surface area contributed by atoms with Crippen LogP contribution in [0.2, 0.25) is 0 Å². The fourth-order valence-electron chi connectivity index (χ4n) is 4.03. The molecule has 0 spiro atoms. The van der Waals surface area contributed by atoms with Gasteiger partial charge in [0.25, 0.3) is 5.91 Å². The summed E-state index contributed by atoms with van der Waals surface area (Å²) >= 11 is 2.03. The smallest absolute Gasteiger partial charge is 0.257 e. The lowest BCUT2D eigenvalue weighted by Crippen LogP contribution is -2.34. The summed E-state index contributed by atoms with van der Waals surface area (Å²) in [5.41, 5.74) is 2.13. The van der Waals surface area contributed by atoms with Crippen LogP contribution < -0.4 is 4.90 Å². The third kappa shape index (κ3) is 3.17. The van der Waals surface area contributed by atoms with Gasteiger partial charge in [0.05, 0.1) is 5.56 Å². The number of hydrogen-bond donors (Lipinski definition) is 0. The van der Waals surface area contributed by atoms with Crippen LogP contribution in [0.15, 0.2) is 24.3 Å². The number of fused-ring (bicyclic) bond motifs is 1. The molecule has 2 aliphatic heterocycles. The molecule has 0 radical (unpaired) electrons. The number of nitrogens with zero attached hydrogens (tertiary/aromatic N) is 4. The highest BCUT2D eigenvalue weighted by molar-refractivity contribution is 14.1. The Balaban J connectivity index is 1.47. The molecule has 5 nitrogen and oxygen atoms in total. The predicted octanol–water partition coefficient (Wildman–Crippen LogP) is 3.05. The van der Waals surface area contributed by atoms with Crippen LogP contribution >= 0.6 is 22.6 Å². The second-order valence-electron chi connectivity index (χ2n) is 7.18. The zero-order valence-electron chi connectivity index (χ0n) is 14.7. The van der Waals surface area contributed by atoms with Gasteiger partial charge in [-0.3, -0.25) is 4.79 Å². The van der Waals surface area contributed by atoms with Gasteiger partial charge in [0.15, 0.2) is 0 Å². The zero-order chi connectivity index (χ0) is 18.4. The van der Waals surface area contributed by atoms with Crippen molar-refractivity contribution in [3.63, 3.8) is 0 Å². The van der Waals surface area contributed by atoms with Gasteiger partial charge < -0.3 is 9.80 Å². The number of amides is 1. The highest BCUT2D eigenvalue weighted by atomic mass is 127. The van der Waals surface area contributed by atoms with Gasteiger partial charge >= 0.3 is 0 Å². The van der Waals surface area contributed by atoms with Gasteiger partial charge in [-0.15, -0.1) is 0 Å². The van der Waals surface area contributed by atoms with Crippen molar-refractivity contribution in [3.05, 3.63) is 50.6 Å². The number of aromatic nitrogens is 2. The average Bonchev–Trinajstić information content (AvgIpc) is 3.12. The Kier molecular flexibility index (Phi) is 4.58. The Morgan fingerprint density at radius 1 is 1.12 bits per heavy atom. The molecule has 2 aromatic rings. The monoisotopic (exact) mass is 466 g/mol. The molecule has 1 aromatic carbocycles. The lowest BCUT2D eigenvalue weighted by molar-refractivity contribution is 0.0777. The van der Waals surface area contributed by atoms with E-state index in [9.17, 15) is 9.18 Å². The second kappa shape index (κ2) is 6.75. The first-order valence-electron chi connectivity index (χ1n) is 8.73. The van der Waals surface area contributed by atoms with E-state index in [4.69, 9.17) is 0 Å². The van der Waals surface area contributed by atoms with Crippen LogP contribution in [0.4, 0.5) is 10.3 Å². The molecule has 3 heterocycles. The van der Waals surface area contributed by atoms with Crippen LogP contribution in [0.3, 0.4) is 0 Å². The number of halogens is 2. The summed E-state index contributed by atoms with van der Waals surface area (Å²) in [4.78, 5) is 25.9. The molecule has 7 heteroatoms. The summed E-state index contributed by atoms with van der Waals surface area (Å²) in [6.45, 7) is 6.96. The van der Waals surface area contributed by atoms with Gasteiger partial charge in [-0.25, -0.2) is 14.4 Å². The molecule has 2 fully saturated rings. The molecule has 4 rings (SSSR count). The van der Waals surface area contributed by atoms with E-state index in [0.717, 1.165) is 30.4 Å². The van der Waals surface area contributed by atoms with Crippen molar-refractivity contribution < 1.29 is 9.18 Å². The average molecular weight is 466 g/mol.